The van der Waals surface area contributed by atoms with E-state index in [0.717, 1.165) is 55.0 Å². The maximum atomic E-state index is 13.3. The summed E-state index contributed by atoms with van der Waals surface area (Å²) >= 11 is 6.49. The van der Waals surface area contributed by atoms with Crippen LogP contribution in [0.5, 0.6) is 6.01 Å². The van der Waals surface area contributed by atoms with Crippen LogP contribution in [0.25, 0.3) is 0 Å². The minimum atomic E-state index is -0.266. The molecule has 1 unspecified atom stereocenters. The van der Waals surface area contributed by atoms with Gasteiger partial charge >= 0.3 is 6.01 Å². The summed E-state index contributed by atoms with van der Waals surface area (Å²) < 4.78 is 6.27. The second kappa shape index (κ2) is 12.1. The topological polar surface area (TPSA) is 106 Å². The van der Waals surface area contributed by atoms with Crippen molar-refractivity contribution in [2.45, 2.75) is 57.0 Å². The number of carbonyl (C=O) groups excluding carboxylic acids is 2. The quantitative estimate of drug-likeness (QED) is 0.442. The molecule has 0 saturated carbocycles. The molecule has 3 aliphatic heterocycles. The van der Waals surface area contributed by atoms with E-state index >= 15 is 0 Å². The summed E-state index contributed by atoms with van der Waals surface area (Å²) in [6.07, 6.45) is 6.39. The number of hydrogen-bond donors (Lipinski definition) is 0. The number of nitriles is 1. The number of rotatable bonds is 7. The van der Waals surface area contributed by atoms with E-state index in [-0.39, 0.29) is 29.7 Å². The molecule has 226 valence electrons. The van der Waals surface area contributed by atoms with Crippen molar-refractivity contribution in [1.82, 2.24) is 19.8 Å². The summed E-state index contributed by atoms with van der Waals surface area (Å²) in [6, 6.07) is 10.1. The molecule has 43 heavy (non-hydrogen) atoms. The van der Waals surface area contributed by atoms with E-state index in [4.69, 9.17) is 26.3 Å². The number of anilines is 2. The molecule has 0 radical (unpaired) electrons. The molecule has 11 heteroatoms. The standard InChI is InChI=1S/C32H38ClN7O3/c1-3-28(41)39-16-15-38(19-22(39)11-13-34)30-24-10-12-32(18-29(42)40(21-32)27-9-5-4-8-25(27)33)17-26(24)35-31(36-30)43-20-23-7-6-14-37(23)2/h3-5,8-9,22-23H,1,6-7,10-12,14-21H2,2H3/t22-,23-,32?/m0/s1. The highest BCUT2D eigenvalue weighted by Gasteiger charge is 2.47. The average Bonchev–Trinajstić information content (AvgIpc) is 3.56. The molecule has 6 rings (SSSR count). The maximum absolute atomic E-state index is 13.3. The summed E-state index contributed by atoms with van der Waals surface area (Å²) in [4.78, 5) is 43.8. The third-order valence-corrected chi connectivity index (χ3v) is 9.93. The molecule has 0 bridgehead atoms. The second-order valence-electron chi connectivity index (χ2n) is 12.3. The highest BCUT2D eigenvalue weighted by atomic mass is 35.5. The molecule has 1 aromatic heterocycles. The normalized spacial score (nSPS) is 25.6. The zero-order chi connectivity index (χ0) is 30.1. The predicted octanol–water partition coefficient (Wildman–Crippen LogP) is 3.63. The number of fused-ring (bicyclic) bond motifs is 1. The van der Waals surface area contributed by atoms with Gasteiger partial charge in [-0.25, -0.2) is 0 Å². The molecule has 1 aromatic carbocycles. The Morgan fingerprint density at radius 3 is 2.81 bits per heavy atom. The van der Waals surface area contributed by atoms with Crippen LogP contribution in [0.2, 0.25) is 5.02 Å². The summed E-state index contributed by atoms with van der Waals surface area (Å²) in [5.41, 5.74) is 2.48. The van der Waals surface area contributed by atoms with Crippen molar-refractivity contribution >= 4 is 34.9 Å². The van der Waals surface area contributed by atoms with Gasteiger partial charge in [0.2, 0.25) is 11.8 Å². The van der Waals surface area contributed by atoms with Crippen molar-refractivity contribution in [2.75, 3.05) is 56.2 Å². The van der Waals surface area contributed by atoms with Crippen LogP contribution in [0.4, 0.5) is 11.5 Å². The van der Waals surface area contributed by atoms with E-state index in [1.165, 1.54) is 6.08 Å². The number of nitrogens with zero attached hydrogens (tertiary/aromatic N) is 7. The highest BCUT2D eigenvalue weighted by molar-refractivity contribution is 6.33. The Morgan fingerprint density at radius 2 is 2.07 bits per heavy atom. The molecule has 1 aliphatic carbocycles. The fourth-order valence-electron chi connectivity index (χ4n) is 7.22. The van der Waals surface area contributed by atoms with Crippen LogP contribution in [-0.4, -0.2) is 90.0 Å². The van der Waals surface area contributed by atoms with Crippen LogP contribution in [0, 0.1) is 16.7 Å². The number of benzene rings is 1. The number of piperazine rings is 1. The van der Waals surface area contributed by atoms with Crippen molar-refractivity contribution in [2.24, 2.45) is 5.41 Å². The van der Waals surface area contributed by atoms with E-state index in [9.17, 15) is 14.9 Å². The van der Waals surface area contributed by atoms with Crippen LogP contribution in [-0.2, 0) is 22.4 Å². The Balaban J connectivity index is 1.30. The van der Waals surface area contributed by atoms with E-state index in [1.54, 1.807) is 4.90 Å². The van der Waals surface area contributed by atoms with Crippen molar-refractivity contribution < 1.29 is 14.3 Å². The van der Waals surface area contributed by atoms with Crippen LogP contribution >= 0.6 is 11.6 Å². The SMILES string of the molecule is C=CC(=O)N1CCN(c2nc(OC[C@@H]3CCCN3C)nc3c2CCC2(CC(=O)N(c4ccccc4Cl)C2)C3)C[C@@H]1CC#N. The predicted molar refractivity (Wildman–Crippen MR) is 164 cm³/mol. The Morgan fingerprint density at radius 1 is 1.23 bits per heavy atom. The first kappa shape index (κ1) is 29.4. The van der Waals surface area contributed by atoms with Gasteiger partial charge in [-0.15, -0.1) is 0 Å². The molecule has 3 atom stereocenters. The smallest absolute Gasteiger partial charge is 0.318 e. The van der Waals surface area contributed by atoms with Gasteiger partial charge in [0.15, 0.2) is 0 Å². The minimum absolute atomic E-state index is 0.0777. The van der Waals surface area contributed by atoms with Crippen LogP contribution in [0.1, 0.15) is 43.4 Å². The van der Waals surface area contributed by atoms with Crippen LogP contribution in [0.15, 0.2) is 36.9 Å². The van der Waals surface area contributed by atoms with Gasteiger partial charge in [-0.2, -0.15) is 15.2 Å². The molecule has 10 nitrogen and oxygen atoms in total. The van der Waals surface area contributed by atoms with Gasteiger partial charge in [0, 0.05) is 49.6 Å². The van der Waals surface area contributed by atoms with E-state index in [2.05, 4.69) is 29.5 Å². The highest BCUT2D eigenvalue weighted by Crippen LogP contribution is 2.47. The fourth-order valence-corrected chi connectivity index (χ4v) is 7.46. The molecular formula is C32H38ClN7O3. The summed E-state index contributed by atoms with van der Waals surface area (Å²) in [5, 5.41) is 10.1. The van der Waals surface area contributed by atoms with E-state index in [1.807, 2.05) is 29.2 Å². The Bertz CT molecular complexity index is 1460. The van der Waals surface area contributed by atoms with Gasteiger partial charge in [0.25, 0.3) is 0 Å². The molecule has 3 saturated heterocycles. The van der Waals surface area contributed by atoms with Gasteiger partial charge in [0.05, 0.1) is 34.9 Å². The van der Waals surface area contributed by atoms with Crippen molar-refractivity contribution in [3.05, 3.63) is 53.2 Å². The maximum Gasteiger partial charge on any atom is 0.318 e. The van der Waals surface area contributed by atoms with Crippen LogP contribution in [0.3, 0.4) is 0 Å². The number of likely N-dealkylation sites (N-methyl/N-ethyl adjacent to an activating group) is 1. The van der Waals surface area contributed by atoms with Crippen molar-refractivity contribution in [1.29, 1.82) is 5.26 Å². The minimum Gasteiger partial charge on any atom is -0.462 e. The monoisotopic (exact) mass is 603 g/mol. The lowest BCUT2D eigenvalue weighted by Gasteiger charge is -2.42. The van der Waals surface area contributed by atoms with Gasteiger partial charge < -0.3 is 24.3 Å². The Hall–Kier alpha value is -3.68. The lowest BCUT2D eigenvalue weighted by Crippen LogP contribution is -2.55. The first-order valence-corrected chi connectivity index (χ1v) is 15.5. The lowest BCUT2D eigenvalue weighted by atomic mass is 9.72. The van der Waals surface area contributed by atoms with E-state index < -0.39 is 0 Å². The first-order chi connectivity index (χ1) is 20.8. The zero-order valence-electron chi connectivity index (χ0n) is 24.7. The second-order valence-corrected chi connectivity index (χ2v) is 12.7. The van der Waals surface area contributed by atoms with Gasteiger partial charge in [0.1, 0.15) is 12.4 Å². The fraction of sp³-hybridized carbons (Fsp3) is 0.531. The molecule has 0 N–H and O–H groups in total. The number of halogens is 1. The largest absolute Gasteiger partial charge is 0.462 e. The molecule has 2 amide bonds. The van der Waals surface area contributed by atoms with Gasteiger partial charge in [-0.05, 0) is 63.9 Å². The number of para-hydroxylation sites is 1. The lowest BCUT2D eigenvalue weighted by molar-refractivity contribution is -0.128. The number of carbonyl (C=O) groups is 2. The summed E-state index contributed by atoms with van der Waals surface area (Å²) in [5.74, 6) is 0.731. The van der Waals surface area contributed by atoms with Crippen molar-refractivity contribution in [3.8, 4) is 12.1 Å². The Labute approximate surface area is 257 Å². The molecule has 1 spiro atoms. The first-order valence-electron chi connectivity index (χ1n) is 15.1. The van der Waals surface area contributed by atoms with Gasteiger partial charge in [-0.3, -0.25) is 9.59 Å². The third-order valence-electron chi connectivity index (χ3n) is 9.61. The van der Waals surface area contributed by atoms with Crippen LogP contribution < -0.4 is 14.5 Å². The third kappa shape index (κ3) is 5.80. The number of ether oxygens (including phenoxy) is 1. The average molecular weight is 604 g/mol. The van der Waals surface area contributed by atoms with Crippen molar-refractivity contribution in [3.63, 3.8) is 0 Å². The molecule has 4 aliphatic rings. The molecule has 2 aromatic rings. The Kier molecular flexibility index (Phi) is 8.29. The number of amides is 2. The number of hydrogen-bond acceptors (Lipinski definition) is 8. The molecule has 3 fully saturated rings. The molecular weight excluding hydrogens is 566 g/mol. The summed E-state index contributed by atoms with van der Waals surface area (Å²) in [6.45, 7) is 7.34. The van der Waals surface area contributed by atoms with Gasteiger partial charge in [-0.1, -0.05) is 30.3 Å². The zero-order valence-corrected chi connectivity index (χ0v) is 25.4. The van der Waals surface area contributed by atoms with E-state index in [0.29, 0.717) is 62.7 Å². The number of likely N-dealkylation sites (tertiary alicyclic amines) is 1. The molecule has 4 heterocycles. The summed E-state index contributed by atoms with van der Waals surface area (Å²) in [7, 11) is 2.12. The number of aromatic nitrogens is 2.